The standard InChI is InChI=1S/C12H12BrClN2O/c1-2-15-6-11-12(17-7-16-11)9-4-3-8(13)5-10(9)14/h3-5,7,15H,2,6H2,1H3. The number of aromatic nitrogens is 1. The maximum Gasteiger partial charge on any atom is 0.181 e. The Balaban J connectivity index is 2.35. The van der Waals surface area contributed by atoms with Gasteiger partial charge in [0.25, 0.3) is 0 Å². The van der Waals surface area contributed by atoms with Crippen molar-refractivity contribution in [2.45, 2.75) is 13.5 Å². The normalized spacial score (nSPS) is 10.8. The van der Waals surface area contributed by atoms with Crippen molar-refractivity contribution in [2.24, 2.45) is 0 Å². The second-order valence-electron chi connectivity index (χ2n) is 3.53. The van der Waals surface area contributed by atoms with E-state index in [0.717, 1.165) is 28.0 Å². The van der Waals surface area contributed by atoms with E-state index in [0.29, 0.717) is 11.6 Å². The van der Waals surface area contributed by atoms with Gasteiger partial charge in [0, 0.05) is 16.6 Å². The summed E-state index contributed by atoms with van der Waals surface area (Å²) in [5.41, 5.74) is 1.73. The zero-order valence-electron chi connectivity index (χ0n) is 9.34. The molecule has 0 aliphatic carbocycles. The molecule has 0 spiro atoms. The second-order valence-corrected chi connectivity index (χ2v) is 4.86. The summed E-state index contributed by atoms with van der Waals surface area (Å²) in [7, 11) is 0. The van der Waals surface area contributed by atoms with Crippen LogP contribution in [0.3, 0.4) is 0 Å². The number of halogens is 2. The Hall–Kier alpha value is -0.840. The van der Waals surface area contributed by atoms with Gasteiger partial charge in [0.2, 0.25) is 0 Å². The van der Waals surface area contributed by atoms with E-state index in [-0.39, 0.29) is 0 Å². The van der Waals surface area contributed by atoms with E-state index in [1.807, 2.05) is 25.1 Å². The average molecular weight is 316 g/mol. The molecule has 17 heavy (non-hydrogen) atoms. The summed E-state index contributed by atoms with van der Waals surface area (Å²) in [6.07, 6.45) is 1.44. The van der Waals surface area contributed by atoms with Crippen LogP contribution in [-0.4, -0.2) is 11.5 Å². The van der Waals surface area contributed by atoms with Crippen molar-refractivity contribution in [3.8, 4) is 11.3 Å². The lowest BCUT2D eigenvalue weighted by Crippen LogP contribution is -2.12. The van der Waals surface area contributed by atoms with E-state index in [1.165, 1.54) is 6.39 Å². The van der Waals surface area contributed by atoms with Crippen molar-refractivity contribution in [2.75, 3.05) is 6.54 Å². The van der Waals surface area contributed by atoms with Gasteiger partial charge in [-0.2, -0.15) is 0 Å². The van der Waals surface area contributed by atoms with Gasteiger partial charge in [0.05, 0.1) is 5.02 Å². The smallest absolute Gasteiger partial charge is 0.181 e. The van der Waals surface area contributed by atoms with Crippen molar-refractivity contribution >= 4 is 27.5 Å². The molecule has 0 radical (unpaired) electrons. The predicted molar refractivity (Wildman–Crippen MR) is 72.0 cm³/mol. The Morgan fingerprint density at radius 3 is 3.00 bits per heavy atom. The van der Waals surface area contributed by atoms with Crippen LogP contribution in [0, 0.1) is 0 Å². The third kappa shape index (κ3) is 2.89. The van der Waals surface area contributed by atoms with Crippen LogP contribution in [0.15, 0.2) is 33.5 Å². The molecular formula is C12H12BrClN2O. The lowest BCUT2D eigenvalue weighted by molar-refractivity contribution is 0.570. The van der Waals surface area contributed by atoms with Gasteiger partial charge in [-0.3, -0.25) is 0 Å². The summed E-state index contributed by atoms with van der Waals surface area (Å²) in [6.45, 7) is 3.61. The number of rotatable bonds is 4. The van der Waals surface area contributed by atoms with E-state index < -0.39 is 0 Å². The molecule has 0 bridgehead atoms. The van der Waals surface area contributed by atoms with Crippen molar-refractivity contribution in [3.05, 3.63) is 39.8 Å². The molecule has 2 aromatic rings. The van der Waals surface area contributed by atoms with Gasteiger partial charge in [0.15, 0.2) is 12.2 Å². The summed E-state index contributed by atoms with van der Waals surface area (Å²) >= 11 is 9.57. The largest absolute Gasteiger partial charge is 0.443 e. The summed E-state index contributed by atoms with van der Waals surface area (Å²) in [5, 5.41) is 3.86. The van der Waals surface area contributed by atoms with E-state index in [2.05, 4.69) is 26.2 Å². The fraction of sp³-hybridized carbons (Fsp3) is 0.250. The first kappa shape index (κ1) is 12.6. The second kappa shape index (κ2) is 5.67. The van der Waals surface area contributed by atoms with Crippen LogP contribution >= 0.6 is 27.5 Å². The van der Waals surface area contributed by atoms with Crippen LogP contribution in [0.4, 0.5) is 0 Å². The number of nitrogens with one attached hydrogen (secondary N) is 1. The Bertz CT molecular complexity index is 513. The zero-order chi connectivity index (χ0) is 12.3. The van der Waals surface area contributed by atoms with E-state index in [4.69, 9.17) is 16.0 Å². The van der Waals surface area contributed by atoms with Gasteiger partial charge in [-0.25, -0.2) is 4.98 Å². The first-order chi connectivity index (χ1) is 8.22. The monoisotopic (exact) mass is 314 g/mol. The van der Waals surface area contributed by atoms with E-state index >= 15 is 0 Å². The molecule has 0 aliphatic heterocycles. The molecule has 90 valence electrons. The van der Waals surface area contributed by atoms with Gasteiger partial charge < -0.3 is 9.73 Å². The molecule has 1 aromatic carbocycles. The van der Waals surface area contributed by atoms with Crippen molar-refractivity contribution in [3.63, 3.8) is 0 Å². The van der Waals surface area contributed by atoms with Crippen LogP contribution in [0.2, 0.25) is 5.02 Å². The molecule has 0 aliphatic rings. The third-order valence-electron chi connectivity index (χ3n) is 2.36. The Morgan fingerprint density at radius 1 is 1.47 bits per heavy atom. The zero-order valence-corrected chi connectivity index (χ0v) is 11.7. The molecule has 0 amide bonds. The molecule has 0 atom stereocenters. The fourth-order valence-electron chi connectivity index (χ4n) is 1.53. The molecule has 1 aromatic heterocycles. The van der Waals surface area contributed by atoms with Crippen LogP contribution in [0.1, 0.15) is 12.6 Å². The van der Waals surface area contributed by atoms with E-state index in [1.54, 1.807) is 0 Å². The predicted octanol–water partition coefficient (Wildman–Crippen LogP) is 3.87. The lowest BCUT2D eigenvalue weighted by atomic mass is 10.1. The topological polar surface area (TPSA) is 38.1 Å². The molecule has 0 saturated heterocycles. The highest BCUT2D eigenvalue weighted by molar-refractivity contribution is 9.10. The quantitative estimate of drug-likeness (QED) is 0.931. The molecule has 3 nitrogen and oxygen atoms in total. The lowest BCUT2D eigenvalue weighted by Gasteiger charge is -2.04. The van der Waals surface area contributed by atoms with E-state index in [9.17, 15) is 0 Å². The van der Waals surface area contributed by atoms with Gasteiger partial charge in [-0.05, 0) is 24.7 Å². The first-order valence-electron chi connectivity index (χ1n) is 5.31. The molecule has 5 heteroatoms. The summed E-state index contributed by atoms with van der Waals surface area (Å²) in [4.78, 5) is 4.19. The molecule has 0 unspecified atom stereocenters. The minimum atomic E-state index is 0.647. The molecule has 2 rings (SSSR count). The van der Waals surface area contributed by atoms with Gasteiger partial charge in [0.1, 0.15) is 5.69 Å². The van der Waals surface area contributed by atoms with Gasteiger partial charge in [-0.15, -0.1) is 0 Å². The first-order valence-corrected chi connectivity index (χ1v) is 6.48. The number of benzene rings is 1. The van der Waals surface area contributed by atoms with Gasteiger partial charge >= 0.3 is 0 Å². The fourth-order valence-corrected chi connectivity index (χ4v) is 2.29. The summed E-state index contributed by atoms with van der Waals surface area (Å²) < 4.78 is 6.36. The molecule has 1 heterocycles. The highest BCUT2D eigenvalue weighted by atomic mass is 79.9. The van der Waals surface area contributed by atoms with Crippen molar-refractivity contribution in [1.29, 1.82) is 0 Å². The van der Waals surface area contributed by atoms with Crippen LogP contribution in [0.5, 0.6) is 0 Å². The molecule has 0 saturated carbocycles. The number of nitrogens with zero attached hydrogens (tertiary/aromatic N) is 1. The summed E-state index contributed by atoms with van der Waals surface area (Å²) in [6, 6.07) is 5.69. The Labute approximate surface area is 113 Å². The van der Waals surface area contributed by atoms with Crippen LogP contribution in [0.25, 0.3) is 11.3 Å². The SMILES string of the molecule is CCNCc1ncoc1-c1ccc(Br)cc1Cl. The minimum Gasteiger partial charge on any atom is -0.443 e. The third-order valence-corrected chi connectivity index (χ3v) is 3.17. The summed E-state index contributed by atoms with van der Waals surface area (Å²) in [5.74, 6) is 0.725. The maximum absolute atomic E-state index is 6.19. The van der Waals surface area contributed by atoms with Crippen molar-refractivity contribution < 1.29 is 4.42 Å². The maximum atomic E-state index is 6.19. The van der Waals surface area contributed by atoms with Crippen molar-refractivity contribution in [1.82, 2.24) is 10.3 Å². The van der Waals surface area contributed by atoms with Crippen LogP contribution < -0.4 is 5.32 Å². The molecule has 1 N–H and O–H groups in total. The highest BCUT2D eigenvalue weighted by Gasteiger charge is 2.13. The highest BCUT2D eigenvalue weighted by Crippen LogP contribution is 2.32. The Morgan fingerprint density at radius 2 is 2.29 bits per heavy atom. The Kier molecular flexibility index (Phi) is 4.20. The van der Waals surface area contributed by atoms with Crippen LogP contribution in [-0.2, 0) is 6.54 Å². The number of oxazole rings is 1. The molecule has 0 fully saturated rings. The average Bonchev–Trinajstić information content (AvgIpc) is 2.74. The number of hydrogen-bond acceptors (Lipinski definition) is 3. The van der Waals surface area contributed by atoms with Gasteiger partial charge in [-0.1, -0.05) is 34.5 Å². The molecular weight excluding hydrogens is 304 g/mol. The number of hydrogen-bond donors (Lipinski definition) is 1. The minimum absolute atomic E-state index is 0.647.